The van der Waals surface area contributed by atoms with Crippen molar-refractivity contribution in [1.29, 1.82) is 0 Å². The minimum atomic E-state index is -4.54. The number of halogens is 4. The van der Waals surface area contributed by atoms with Crippen molar-refractivity contribution in [3.63, 3.8) is 0 Å². The Morgan fingerprint density at radius 3 is 2.56 bits per heavy atom. The molecule has 0 aliphatic rings. The number of nitrogens with zero attached hydrogens (tertiary/aromatic N) is 1. The number of aromatic nitrogens is 1. The van der Waals surface area contributed by atoms with Crippen molar-refractivity contribution in [3.8, 4) is 0 Å². The summed E-state index contributed by atoms with van der Waals surface area (Å²) >= 11 is 1.45. The van der Waals surface area contributed by atoms with Gasteiger partial charge in [-0.15, -0.1) is 0 Å². The van der Waals surface area contributed by atoms with Gasteiger partial charge in [-0.2, -0.15) is 24.9 Å². The van der Waals surface area contributed by atoms with Gasteiger partial charge in [0.2, 0.25) is 0 Å². The minimum Gasteiger partial charge on any atom is -0.351 e. The second-order valence-electron chi connectivity index (χ2n) is 5.23. The number of carbonyl (C=O) groups is 1. The molecule has 25 heavy (non-hydrogen) atoms. The first-order chi connectivity index (χ1) is 11.8. The predicted molar refractivity (Wildman–Crippen MR) is 88.9 cm³/mol. The van der Waals surface area contributed by atoms with Crippen LogP contribution in [0.3, 0.4) is 0 Å². The molecule has 0 radical (unpaired) electrons. The Labute approximate surface area is 146 Å². The summed E-state index contributed by atoms with van der Waals surface area (Å²) in [4.78, 5) is 15.4. The minimum absolute atomic E-state index is 0.0198. The van der Waals surface area contributed by atoms with E-state index in [0.717, 1.165) is 12.1 Å². The number of hydrogen-bond donors (Lipinski definition) is 1. The topological polar surface area (TPSA) is 42.0 Å². The van der Waals surface area contributed by atoms with Crippen LogP contribution in [0, 0.1) is 12.7 Å². The maximum Gasteiger partial charge on any atom is 0.433 e. The fourth-order valence-corrected chi connectivity index (χ4v) is 2.93. The van der Waals surface area contributed by atoms with E-state index in [1.807, 2.05) is 0 Å². The molecule has 0 aliphatic heterocycles. The van der Waals surface area contributed by atoms with Crippen LogP contribution in [0.1, 0.15) is 27.3 Å². The molecule has 1 heterocycles. The number of hydrogen-bond acceptors (Lipinski definition) is 3. The monoisotopic (exact) mass is 372 g/mol. The smallest absolute Gasteiger partial charge is 0.351 e. The molecule has 0 spiro atoms. The number of carbonyl (C=O) groups excluding carboxylic acids is 1. The Morgan fingerprint density at radius 2 is 1.92 bits per heavy atom. The molecule has 0 fully saturated rings. The van der Waals surface area contributed by atoms with Gasteiger partial charge in [0.25, 0.3) is 5.91 Å². The first-order valence-electron chi connectivity index (χ1n) is 7.43. The molecule has 0 saturated carbocycles. The van der Waals surface area contributed by atoms with Crippen molar-refractivity contribution < 1.29 is 22.4 Å². The Morgan fingerprint density at radius 1 is 1.20 bits per heavy atom. The molecule has 2 aromatic rings. The summed E-state index contributed by atoms with van der Waals surface area (Å²) in [6.07, 6.45) is -4.54. The zero-order valence-electron chi connectivity index (χ0n) is 13.4. The van der Waals surface area contributed by atoms with Gasteiger partial charge in [0, 0.05) is 18.1 Å². The molecule has 1 N–H and O–H groups in total. The maximum atomic E-state index is 13.4. The summed E-state index contributed by atoms with van der Waals surface area (Å²) in [5, 5.41) is 2.62. The Kier molecular flexibility index (Phi) is 6.41. The van der Waals surface area contributed by atoms with E-state index in [2.05, 4.69) is 10.3 Å². The first kappa shape index (κ1) is 19.2. The molecule has 2 rings (SSSR count). The highest BCUT2D eigenvalue weighted by molar-refractivity contribution is 7.98. The summed E-state index contributed by atoms with van der Waals surface area (Å²) in [5.74, 6) is 0.270. The largest absolute Gasteiger partial charge is 0.433 e. The number of benzene rings is 1. The van der Waals surface area contributed by atoms with Crippen LogP contribution in [0.15, 0.2) is 36.4 Å². The zero-order valence-corrected chi connectivity index (χ0v) is 14.2. The van der Waals surface area contributed by atoms with Crippen molar-refractivity contribution in [2.75, 3.05) is 12.3 Å². The zero-order chi connectivity index (χ0) is 18.4. The van der Waals surface area contributed by atoms with Gasteiger partial charge in [-0.25, -0.2) is 9.37 Å². The molecular weight excluding hydrogens is 356 g/mol. The molecule has 0 aliphatic carbocycles. The van der Waals surface area contributed by atoms with Crippen molar-refractivity contribution in [1.82, 2.24) is 10.3 Å². The standard InChI is InChI=1S/C17H16F4N2OS/c1-11-13(6-7-15(23-11)17(19,20)21)16(24)22-8-9-25-10-12-4-2-3-5-14(12)18/h2-7H,8-10H2,1H3,(H,22,24). The van der Waals surface area contributed by atoms with Crippen LogP contribution in [-0.4, -0.2) is 23.2 Å². The number of amides is 1. The third kappa shape index (κ3) is 5.45. The van der Waals surface area contributed by atoms with Gasteiger partial charge in [0.1, 0.15) is 11.5 Å². The average molecular weight is 372 g/mol. The highest BCUT2D eigenvalue weighted by Gasteiger charge is 2.33. The highest BCUT2D eigenvalue weighted by Crippen LogP contribution is 2.28. The van der Waals surface area contributed by atoms with Gasteiger partial charge in [-0.3, -0.25) is 4.79 Å². The number of pyridine rings is 1. The van der Waals surface area contributed by atoms with Crippen LogP contribution in [-0.2, 0) is 11.9 Å². The van der Waals surface area contributed by atoms with Crippen LogP contribution in [0.4, 0.5) is 17.6 Å². The molecular formula is C17H16F4N2OS. The van der Waals surface area contributed by atoms with Crippen molar-refractivity contribution >= 4 is 17.7 Å². The normalized spacial score (nSPS) is 11.4. The van der Waals surface area contributed by atoms with Crippen molar-refractivity contribution in [2.24, 2.45) is 0 Å². The van der Waals surface area contributed by atoms with Gasteiger partial charge in [-0.1, -0.05) is 18.2 Å². The lowest BCUT2D eigenvalue weighted by Gasteiger charge is -2.10. The lowest BCUT2D eigenvalue weighted by atomic mass is 10.1. The van der Waals surface area contributed by atoms with Gasteiger partial charge >= 0.3 is 6.18 Å². The predicted octanol–water partition coefficient (Wildman–Crippen LogP) is 4.21. The van der Waals surface area contributed by atoms with Crippen molar-refractivity contribution in [2.45, 2.75) is 18.9 Å². The molecule has 134 valence electrons. The molecule has 1 amide bonds. The fourth-order valence-electron chi connectivity index (χ4n) is 2.09. The maximum absolute atomic E-state index is 13.4. The Bertz CT molecular complexity index is 750. The Hall–Kier alpha value is -2.09. The first-order valence-corrected chi connectivity index (χ1v) is 8.58. The van der Waals surface area contributed by atoms with E-state index < -0.39 is 17.8 Å². The summed E-state index contributed by atoms with van der Waals surface area (Å²) in [5.41, 5.74) is -0.318. The van der Waals surface area contributed by atoms with E-state index in [1.54, 1.807) is 18.2 Å². The van der Waals surface area contributed by atoms with Crippen LogP contribution in [0.2, 0.25) is 0 Å². The quantitative estimate of drug-likeness (QED) is 0.610. The number of aryl methyl sites for hydroxylation is 1. The summed E-state index contributed by atoms with van der Waals surface area (Å²) in [7, 11) is 0. The number of nitrogens with one attached hydrogen (secondary N) is 1. The number of alkyl halides is 3. The second-order valence-corrected chi connectivity index (χ2v) is 6.33. The second kappa shape index (κ2) is 8.33. The number of rotatable bonds is 6. The third-order valence-corrected chi connectivity index (χ3v) is 4.38. The molecule has 8 heteroatoms. The van der Waals surface area contributed by atoms with Crippen LogP contribution in [0.25, 0.3) is 0 Å². The summed E-state index contributed by atoms with van der Waals surface area (Å²) in [6.45, 7) is 1.68. The SMILES string of the molecule is Cc1nc(C(F)(F)F)ccc1C(=O)NCCSCc1ccccc1F. The Balaban J connectivity index is 1.82. The van der Waals surface area contributed by atoms with E-state index in [0.29, 0.717) is 23.6 Å². The van der Waals surface area contributed by atoms with E-state index in [9.17, 15) is 22.4 Å². The number of thioether (sulfide) groups is 1. The van der Waals surface area contributed by atoms with Gasteiger partial charge in [0.05, 0.1) is 11.3 Å². The van der Waals surface area contributed by atoms with Crippen LogP contribution >= 0.6 is 11.8 Å². The fraction of sp³-hybridized carbons (Fsp3) is 0.294. The van der Waals surface area contributed by atoms with E-state index in [4.69, 9.17) is 0 Å². The van der Waals surface area contributed by atoms with Crippen LogP contribution in [0.5, 0.6) is 0 Å². The van der Waals surface area contributed by atoms with Gasteiger partial charge in [0.15, 0.2) is 0 Å². The average Bonchev–Trinajstić information content (AvgIpc) is 2.55. The van der Waals surface area contributed by atoms with Crippen LogP contribution < -0.4 is 5.32 Å². The lowest BCUT2D eigenvalue weighted by Crippen LogP contribution is -2.27. The van der Waals surface area contributed by atoms with E-state index in [1.165, 1.54) is 24.8 Å². The lowest BCUT2D eigenvalue weighted by molar-refractivity contribution is -0.141. The summed E-state index contributed by atoms with van der Waals surface area (Å²) < 4.78 is 51.1. The van der Waals surface area contributed by atoms with Gasteiger partial charge < -0.3 is 5.32 Å². The van der Waals surface area contributed by atoms with E-state index >= 15 is 0 Å². The molecule has 3 nitrogen and oxygen atoms in total. The molecule has 0 saturated heterocycles. The molecule has 1 aromatic heterocycles. The highest BCUT2D eigenvalue weighted by atomic mass is 32.2. The van der Waals surface area contributed by atoms with E-state index in [-0.39, 0.29) is 17.1 Å². The molecule has 0 bridgehead atoms. The third-order valence-electron chi connectivity index (χ3n) is 3.37. The van der Waals surface area contributed by atoms with Crippen molar-refractivity contribution in [3.05, 3.63) is 64.7 Å². The molecule has 1 aromatic carbocycles. The summed E-state index contributed by atoms with van der Waals surface area (Å²) in [6, 6.07) is 8.35. The molecule has 0 unspecified atom stereocenters. The van der Waals surface area contributed by atoms with Gasteiger partial charge in [-0.05, 0) is 30.7 Å². The molecule has 0 atom stereocenters.